The van der Waals surface area contributed by atoms with Crippen molar-refractivity contribution in [3.05, 3.63) is 70.7 Å². The molecule has 1 fully saturated rings. The summed E-state index contributed by atoms with van der Waals surface area (Å²) in [5, 5.41) is 3.34. The lowest BCUT2D eigenvalue weighted by atomic mass is 10.0. The Kier molecular flexibility index (Phi) is 6.82. The van der Waals surface area contributed by atoms with Gasteiger partial charge in [-0.05, 0) is 37.1 Å². The normalized spacial score (nSPS) is 18.4. The molecular weight excluding hydrogens is 428 g/mol. The van der Waals surface area contributed by atoms with Crippen molar-refractivity contribution in [1.29, 1.82) is 0 Å². The molecule has 1 aliphatic heterocycles. The Balaban J connectivity index is 1.68. The van der Waals surface area contributed by atoms with Crippen LogP contribution in [0.2, 0.25) is 5.02 Å². The third kappa shape index (κ3) is 5.50. The van der Waals surface area contributed by atoms with Crippen LogP contribution in [0.3, 0.4) is 0 Å². The van der Waals surface area contributed by atoms with Gasteiger partial charge in [-0.25, -0.2) is 4.79 Å². The zero-order valence-corrected chi connectivity index (χ0v) is 18.4. The van der Waals surface area contributed by atoms with Crippen molar-refractivity contribution in [2.75, 3.05) is 0 Å². The molecule has 0 spiro atoms. The standard InChI is InChI=1S/C21H21ClN2O3S2/c1-21(2)17(23-19(26)27-13-15-6-4-3-5-7-15)18(25)24(20(28)29-21)12-14-8-10-16(22)11-9-14/h3-11,17H,12-13H2,1-2H3,(H,23,26). The molecule has 1 saturated heterocycles. The molecule has 0 saturated carbocycles. The first-order chi connectivity index (χ1) is 13.8. The molecule has 29 heavy (non-hydrogen) atoms. The summed E-state index contributed by atoms with van der Waals surface area (Å²) < 4.78 is 5.17. The Morgan fingerprint density at radius 2 is 1.83 bits per heavy atom. The summed E-state index contributed by atoms with van der Waals surface area (Å²) >= 11 is 12.8. The third-order valence-corrected chi connectivity index (χ3v) is 6.39. The summed E-state index contributed by atoms with van der Waals surface area (Å²) in [5.74, 6) is -0.259. The summed E-state index contributed by atoms with van der Waals surface area (Å²) in [6, 6.07) is 15.8. The molecule has 3 rings (SSSR count). The van der Waals surface area contributed by atoms with Crippen LogP contribution in [-0.2, 0) is 22.7 Å². The molecule has 2 aromatic rings. The first kappa shape index (κ1) is 21.6. The van der Waals surface area contributed by atoms with Crippen LogP contribution in [0, 0.1) is 0 Å². The van der Waals surface area contributed by atoms with Crippen molar-refractivity contribution in [2.24, 2.45) is 0 Å². The number of halogens is 1. The average Bonchev–Trinajstić information content (AvgIpc) is 2.69. The van der Waals surface area contributed by atoms with E-state index in [4.69, 9.17) is 28.6 Å². The highest BCUT2D eigenvalue weighted by molar-refractivity contribution is 8.24. The van der Waals surface area contributed by atoms with Gasteiger partial charge >= 0.3 is 6.09 Å². The van der Waals surface area contributed by atoms with E-state index in [1.165, 1.54) is 16.7 Å². The van der Waals surface area contributed by atoms with Crippen molar-refractivity contribution < 1.29 is 14.3 Å². The van der Waals surface area contributed by atoms with Crippen LogP contribution in [0.4, 0.5) is 4.79 Å². The van der Waals surface area contributed by atoms with Crippen LogP contribution in [-0.4, -0.2) is 32.0 Å². The number of ether oxygens (including phenoxy) is 1. The lowest BCUT2D eigenvalue weighted by molar-refractivity contribution is -0.130. The van der Waals surface area contributed by atoms with Crippen molar-refractivity contribution in [3.63, 3.8) is 0 Å². The number of carbonyl (C=O) groups is 2. The number of hydrogen-bond donors (Lipinski definition) is 1. The van der Waals surface area contributed by atoms with Gasteiger partial charge in [0.05, 0.1) is 6.54 Å². The van der Waals surface area contributed by atoms with Crippen LogP contribution in [0.5, 0.6) is 0 Å². The fraction of sp³-hybridized carbons (Fsp3) is 0.286. The van der Waals surface area contributed by atoms with Crippen molar-refractivity contribution in [2.45, 2.75) is 37.8 Å². The molecule has 2 amide bonds. The number of amides is 2. The largest absolute Gasteiger partial charge is 0.445 e. The van der Waals surface area contributed by atoms with Gasteiger partial charge in [-0.2, -0.15) is 0 Å². The second-order valence-corrected chi connectivity index (χ2v) is 9.89. The van der Waals surface area contributed by atoms with Gasteiger partial charge in [0.1, 0.15) is 17.0 Å². The second kappa shape index (κ2) is 9.15. The molecule has 2 aromatic carbocycles. The predicted octanol–water partition coefficient (Wildman–Crippen LogP) is 4.77. The van der Waals surface area contributed by atoms with Crippen LogP contribution < -0.4 is 5.32 Å². The van der Waals surface area contributed by atoms with Gasteiger partial charge in [-0.3, -0.25) is 9.69 Å². The van der Waals surface area contributed by atoms with Gasteiger partial charge in [0.25, 0.3) is 5.91 Å². The summed E-state index contributed by atoms with van der Waals surface area (Å²) in [4.78, 5) is 27.0. The predicted molar refractivity (Wildman–Crippen MR) is 120 cm³/mol. The number of carbonyl (C=O) groups excluding carboxylic acids is 2. The fourth-order valence-corrected chi connectivity index (χ4v) is 4.83. The molecule has 1 heterocycles. The number of thioether (sulfide) groups is 1. The summed E-state index contributed by atoms with van der Waals surface area (Å²) in [7, 11) is 0. The Hall–Kier alpha value is -2.09. The maximum atomic E-state index is 13.2. The highest BCUT2D eigenvalue weighted by atomic mass is 35.5. The summed E-state index contributed by atoms with van der Waals surface area (Å²) in [6.45, 7) is 4.20. The number of nitrogens with one attached hydrogen (secondary N) is 1. The zero-order valence-electron chi connectivity index (χ0n) is 16.1. The molecule has 5 nitrogen and oxygen atoms in total. The highest BCUT2D eigenvalue weighted by Crippen LogP contribution is 2.37. The Labute approximate surface area is 184 Å². The minimum Gasteiger partial charge on any atom is -0.445 e. The Morgan fingerprint density at radius 1 is 1.17 bits per heavy atom. The number of alkyl carbamates (subject to hydrolysis) is 1. The van der Waals surface area contributed by atoms with E-state index in [-0.39, 0.29) is 12.5 Å². The molecule has 8 heteroatoms. The van der Waals surface area contributed by atoms with E-state index in [0.29, 0.717) is 15.9 Å². The molecule has 152 valence electrons. The molecular formula is C21H21ClN2O3S2. The van der Waals surface area contributed by atoms with Gasteiger partial charge in [0.2, 0.25) is 0 Å². The highest BCUT2D eigenvalue weighted by Gasteiger charge is 2.46. The van der Waals surface area contributed by atoms with Gasteiger partial charge in [-0.15, -0.1) is 0 Å². The molecule has 0 radical (unpaired) electrons. The van der Waals surface area contributed by atoms with E-state index in [2.05, 4.69) is 5.32 Å². The average molecular weight is 449 g/mol. The number of benzene rings is 2. The number of hydrogen-bond acceptors (Lipinski definition) is 5. The van der Waals surface area contributed by atoms with E-state index in [9.17, 15) is 9.59 Å². The van der Waals surface area contributed by atoms with Crippen LogP contribution in [0.25, 0.3) is 0 Å². The van der Waals surface area contributed by atoms with Crippen molar-refractivity contribution in [1.82, 2.24) is 10.2 Å². The number of nitrogens with zero attached hydrogens (tertiary/aromatic N) is 1. The monoisotopic (exact) mass is 448 g/mol. The van der Waals surface area contributed by atoms with E-state index in [0.717, 1.165) is 11.1 Å². The number of thiocarbonyl (C=S) groups is 1. The molecule has 1 aliphatic rings. The second-order valence-electron chi connectivity index (χ2n) is 7.16. The minimum atomic E-state index is -0.769. The first-order valence-corrected chi connectivity index (χ1v) is 10.6. The maximum Gasteiger partial charge on any atom is 0.408 e. The zero-order chi connectivity index (χ0) is 21.0. The van der Waals surface area contributed by atoms with Gasteiger partial charge in [0, 0.05) is 9.77 Å². The van der Waals surface area contributed by atoms with Crippen molar-refractivity contribution >= 4 is 51.9 Å². The topological polar surface area (TPSA) is 58.6 Å². The summed E-state index contributed by atoms with van der Waals surface area (Å²) in [5.41, 5.74) is 1.77. The van der Waals surface area contributed by atoms with Gasteiger partial charge in [-0.1, -0.05) is 78.0 Å². The quantitative estimate of drug-likeness (QED) is 0.667. The smallest absolute Gasteiger partial charge is 0.408 e. The number of rotatable bonds is 5. The van der Waals surface area contributed by atoms with Crippen LogP contribution in [0.1, 0.15) is 25.0 Å². The molecule has 1 atom stereocenters. The Bertz CT molecular complexity index is 904. The van der Waals surface area contributed by atoms with E-state index in [1.54, 1.807) is 12.1 Å². The van der Waals surface area contributed by atoms with E-state index < -0.39 is 16.9 Å². The first-order valence-electron chi connectivity index (χ1n) is 9.02. The van der Waals surface area contributed by atoms with Crippen LogP contribution in [0.15, 0.2) is 54.6 Å². The SMILES string of the molecule is CC1(C)SC(=S)N(Cc2ccc(Cl)cc2)C(=O)C1NC(=O)OCc1ccccc1. The van der Waals surface area contributed by atoms with E-state index >= 15 is 0 Å². The van der Waals surface area contributed by atoms with Crippen molar-refractivity contribution in [3.8, 4) is 0 Å². The van der Waals surface area contributed by atoms with Crippen LogP contribution >= 0.6 is 35.6 Å². The lowest BCUT2D eigenvalue weighted by Gasteiger charge is -2.42. The van der Waals surface area contributed by atoms with Gasteiger partial charge < -0.3 is 10.1 Å². The molecule has 0 aliphatic carbocycles. The Morgan fingerprint density at radius 3 is 2.48 bits per heavy atom. The molecule has 0 aromatic heterocycles. The maximum absolute atomic E-state index is 13.2. The molecule has 1 unspecified atom stereocenters. The molecule has 0 bridgehead atoms. The molecule has 1 N–H and O–H groups in total. The van der Waals surface area contributed by atoms with E-state index in [1.807, 2.05) is 56.3 Å². The summed E-state index contributed by atoms with van der Waals surface area (Å²) in [6.07, 6.45) is -0.639. The fourth-order valence-electron chi connectivity index (χ4n) is 2.92. The minimum absolute atomic E-state index is 0.133. The third-order valence-electron chi connectivity index (χ3n) is 4.51. The van der Waals surface area contributed by atoms with Gasteiger partial charge in [0.15, 0.2) is 0 Å². The lowest BCUT2D eigenvalue weighted by Crippen LogP contribution is -2.62.